The van der Waals surface area contributed by atoms with E-state index in [0.717, 1.165) is 6.29 Å². The van der Waals surface area contributed by atoms with Gasteiger partial charge in [-0.1, -0.05) is 13.8 Å². The molecule has 0 saturated heterocycles. The van der Waals surface area contributed by atoms with Gasteiger partial charge in [-0.15, -0.1) is 0 Å². The molecule has 14 heavy (non-hydrogen) atoms. The molecule has 2 atom stereocenters. The van der Waals surface area contributed by atoms with E-state index in [-0.39, 0.29) is 23.5 Å². The van der Waals surface area contributed by atoms with Crippen molar-refractivity contribution in [3.05, 3.63) is 0 Å². The largest absolute Gasteiger partial charge is 0.508 e. The van der Waals surface area contributed by atoms with Crippen molar-refractivity contribution in [1.29, 1.82) is 0 Å². The topological polar surface area (TPSA) is 52.6 Å². The van der Waals surface area contributed by atoms with Gasteiger partial charge in [0.15, 0.2) is 0 Å². The van der Waals surface area contributed by atoms with Crippen LogP contribution >= 0.6 is 0 Å². The number of carbonyl (C=O) groups excluding carboxylic acids is 2. The quantitative estimate of drug-likeness (QED) is 0.514. The summed E-state index contributed by atoms with van der Waals surface area (Å²) in [5, 5.41) is 0. The fourth-order valence-corrected chi connectivity index (χ4v) is 1.43. The molecule has 0 aromatic carbocycles. The number of ether oxygens (including phenoxy) is 2. The zero-order valence-electron chi connectivity index (χ0n) is 8.94. The minimum Gasteiger partial charge on any atom is -0.432 e. The van der Waals surface area contributed by atoms with Gasteiger partial charge in [0.1, 0.15) is 12.4 Å². The summed E-state index contributed by atoms with van der Waals surface area (Å²) < 4.78 is 9.81. The smallest absolute Gasteiger partial charge is 0.432 e. The molecule has 0 amide bonds. The molecule has 0 aliphatic heterocycles. The van der Waals surface area contributed by atoms with Crippen LogP contribution in [0.5, 0.6) is 0 Å². The lowest BCUT2D eigenvalue weighted by atomic mass is 10.1. The van der Waals surface area contributed by atoms with Crippen molar-refractivity contribution in [1.82, 2.24) is 0 Å². The Morgan fingerprint density at radius 2 is 2.00 bits per heavy atom. The van der Waals surface area contributed by atoms with E-state index in [1.54, 1.807) is 13.8 Å². The molecule has 0 aromatic rings. The first-order valence-electron chi connectivity index (χ1n) is 4.72. The molecule has 4 nitrogen and oxygen atoms in total. The molecular formula is C10H16O4. The van der Waals surface area contributed by atoms with Crippen LogP contribution in [-0.4, -0.2) is 24.6 Å². The van der Waals surface area contributed by atoms with E-state index < -0.39 is 6.16 Å². The summed E-state index contributed by atoms with van der Waals surface area (Å²) in [6, 6.07) is 0. The van der Waals surface area contributed by atoms with E-state index in [4.69, 9.17) is 9.47 Å². The van der Waals surface area contributed by atoms with Gasteiger partial charge in [0.25, 0.3) is 0 Å². The van der Waals surface area contributed by atoms with E-state index in [2.05, 4.69) is 0 Å². The van der Waals surface area contributed by atoms with Crippen molar-refractivity contribution in [2.45, 2.75) is 39.9 Å². The summed E-state index contributed by atoms with van der Waals surface area (Å²) in [6.45, 7) is 7.27. The Bertz CT molecular complexity index is 245. The van der Waals surface area contributed by atoms with Crippen LogP contribution in [0.1, 0.15) is 27.7 Å². The number of aldehydes is 1. The average Bonchev–Trinajstić information content (AvgIpc) is 2.50. The van der Waals surface area contributed by atoms with Crippen molar-refractivity contribution in [3.8, 4) is 0 Å². The molecule has 0 bridgehead atoms. The van der Waals surface area contributed by atoms with E-state index >= 15 is 0 Å². The van der Waals surface area contributed by atoms with Crippen LogP contribution in [0.4, 0.5) is 4.79 Å². The summed E-state index contributed by atoms with van der Waals surface area (Å²) >= 11 is 0. The molecule has 1 rings (SSSR count). The molecule has 1 aliphatic carbocycles. The lowest BCUT2D eigenvalue weighted by Gasteiger charge is -2.09. The van der Waals surface area contributed by atoms with Gasteiger partial charge < -0.3 is 14.3 Å². The predicted octanol–water partition coefficient (Wildman–Crippen LogP) is 1.77. The maximum Gasteiger partial charge on any atom is 0.508 e. The fraction of sp³-hybridized carbons (Fsp3) is 0.800. The first-order chi connectivity index (χ1) is 6.39. The van der Waals surface area contributed by atoms with Gasteiger partial charge in [0, 0.05) is 5.41 Å². The highest BCUT2D eigenvalue weighted by Crippen LogP contribution is 2.52. The second-order valence-electron chi connectivity index (χ2n) is 4.44. The Labute approximate surface area is 83.6 Å². The van der Waals surface area contributed by atoms with Gasteiger partial charge in [0.05, 0.1) is 12.0 Å². The van der Waals surface area contributed by atoms with Crippen LogP contribution in [0.15, 0.2) is 0 Å². The number of hydrogen-bond acceptors (Lipinski definition) is 4. The minimum atomic E-state index is -0.692. The zero-order chi connectivity index (χ0) is 10.9. The van der Waals surface area contributed by atoms with Crippen LogP contribution < -0.4 is 0 Å². The highest BCUT2D eigenvalue weighted by atomic mass is 16.7. The lowest BCUT2D eigenvalue weighted by molar-refractivity contribution is -0.109. The van der Waals surface area contributed by atoms with Gasteiger partial charge in [-0.25, -0.2) is 4.79 Å². The minimum absolute atomic E-state index is 0.192. The Hall–Kier alpha value is -1.06. The van der Waals surface area contributed by atoms with Crippen LogP contribution in [0, 0.1) is 11.3 Å². The van der Waals surface area contributed by atoms with Crippen LogP contribution in [0.2, 0.25) is 0 Å². The van der Waals surface area contributed by atoms with Crippen LogP contribution in [0.3, 0.4) is 0 Å². The number of carbonyl (C=O) groups is 2. The highest BCUT2D eigenvalue weighted by Gasteiger charge is 2.61. The molecule has 1 fully saturated rings. The molecule has 2 unspecified atom stereocenters. The van der Waals surface area contributed by atoms with Gasteiger partial charge in [-0.05, 0) is 13.8 Å². The molecule has 0 radical (unpaired) electrons. The molecule has 4 heteroatoms. The maximum atomic E-state index is 11.1. The van der Waals surface area contributed by atoms with E-state index in [1.807, 2.05) is 13.8 Å². The number of hydrogen-bond donors (Lipinski definition) is 0. The van der Waals surface area contributed by atoms with Crippen molar-refractivity contribution >= 4 is 12.4 Å². The second kappa shape index (κ2) is 3.59. The average molecular weight is 200 g/mol. The fourth-order valence-electron chi connectivity index (χ4n) is 1.43. The van der Waals surface area contributed by atoms with E-state index in [1.165, 1.54) is 0 Å². The van der Waals surface area contributed by atoms with Gasteiger partial charge in [0.2, 0.25) is 0 Å². The predicted molar refractivity (Wildman–Crippen MR) is 49.8 cm³/mol. The summed E-state index contributed by atoms with van der Waals surface area (Å²) in [7, 11) is 0. The molecule has 1 aliphatic rings. The third-order valence-corrected chi connectivity index (χ3v) is 2.51. The molecule has 80 valence electrons. The summed E-state index contributed by atoms with van der Waals surface area (Å²) in [4.78, 5) is 21.7. The third kappa shape index (κ3) is 2.05. The highest BCUT2D eigenvalue weighted by molar-refractivity contribution is 5.66. The van der Waals surface area contributed by atoms with Crippen molar-refractivity contribution in [2.75, 3.05) is 0 Å². The summed E-state index contributed by atoms with van der Waals surface area (Å²) in [6.07, 6.45) is -0.388. The second-order valence-corrected chi connectivity index (χ2v) is 4.44. The standard InChI is InChI=1S/C10H16O4/c1-6(2)13-9(12)14-8-7(5-11)10(8,3)4/h5-8H,1-4H3. The molecule has 0 aromatic heterocycles. The molecule has 0 heterocycles. The Morgan fingerprint density at radius 1 is 1.43 bits per heavy atom. The molecular weight excluding hydrogens is 184 g/mol. The van der Waals surface area contributed by atoms with Gasteiger partial charge >= 0.3 is 6.16 Å². The van der Waals surface area contributed by atoms with Gasteiger partial charge in [-0.3, -0.25) is 0 Å². The summed E-state index contributed by atoms with van der Waals surface area (Å²) in [5.74, 6) is -0.192. The maximum absolute atomic E-state index is 11.1. The van der Waals surface area contributed by atoms with E-state index in [9.17, 15) is 9.59 Å². The first kappa shape index (κ1) is 11.0. The van der Waals surface area contributed by atoms with Crippen LogP contribution in [0.25, 0.3) is 0 Å². The van der Waals surface area contributed by atoms with Crippen molar-refractivity contribution in [3.63, 3.8) is 0 Å². The SMILES string of the molecule is CC(C)OC(=O)OC1C(C=O)C1(C)C. The number of rotatable bonds is 3. The Kier molecular flexibility index (Phi) is 2.83. The summed E-state index contributed by atoms with van der Waals surface area (Å²) in [5.41, 5.74) is -0.238. The third-order valence-electron chi connectivity index (χ3n) is 2.51. The van der Waals surface area contributed by atoms with Crippen molar-refractivity contribution in [2.24, 2.45) is 11.3 Å². The van der Waals surface area contributed by atoms with Gasteiger partial charge in [-0.2, -0.15) is 0 Å². The molecule has 1 saturated carbocycles. The lowest BCUT2D eigenvalue weighted by Crippen LogP contribution is -2.16. The van der Waals surface area contributed by atoms with Crippen LogP contribution in [-0.2, 0) is 14.3 Å². The van der Waals surface area contributed by atoms with Crippen molar-refractivity contribution < 1.29 is 19.1 Å². The molecule has 0 N–H and O–H groups in total. The Morgan fingerprint density at radius 3 is 2.36 bits per heavy atom. The normalized spacial score (nSPS) is 28.4. The van der Waals surface area contributed by atoms with E-state index in [0.29, 0.717) is 0 Å². The Balaban J connectivity index is 2.40. The zero-order valence-corrected chi connectivity index (χ0v) is 8.94. The monoisotopic (exact) mass is 200 g/mol. The molecule has 0 spiro atoms. The first-order valence-corrected chi connectivity index (χ1v) is 4.72.